The van der Waals surface area contributed by atoms with E-state index in [-0.39, 0.29) is 13.0 Å². The Hall–Kier alpha value is -3.80. The van der Waals surface area contributed by atoms with E-state index in [2.05, 4.69) is 15.6 Å². The molecule has 1 aromatic carbocycles. The van der Waals surface area contributed by atoms with Crippen molar-refractivity contribution in [3.8, 4) is 5.75 Å². The average molecular weight is 517 g/mol. The van der Waals surface area contributed by atoms with Gasteiger partial charge < -0.3 is 30.2 Å². The number of methoxy groups -OCH3 is 1. The summed E-state index contributed by atoms with van der Waals surface area (Å²) >= 11 is 1.36. The molecule has 3 atom stereocenters. The lowest BCUT2D eigenvalue weighted by atomic mass is 10.0. The Morgan fingerprint density at radius 3 is 2.72 bits per heavy atom. The lowest BCUT2D eigenvalue weighted by Crippen LogP contribution is -2.55. The van der Waals surface area contributed by atoms with Gasteiger partial charge in [-0.1, -0.05) is 6.07 Å². The number of hydrogen-bond acceptors (Lipinski definition) is 8. The molecule has 0 aliphatic carbocycles. The minimum atomic E-state index is -1.23. The van der Waals surface area contributed by atoms with Crippen molar-refractivity contribution in [1.82, 2.24) is 20.5 Å². The zero-order valence-corrected chi connectivity index (χ0v) is 20.7. The summed E-state index contributed by atoms with van der Waals surface area (Å²) in [6.45, 7) is 2.02. The van der Waals surface area contributed by atoms with Gasteiger partial charge in [-0.2, -0.15) is 0 Å². The molecule has 0 bridgehead atoms. The molecular formula is C24H28N4O7S. The first-order valence-electron chi connectivity index (χ1n) is 11.3. The zero-order chi connectivity index (χ0) is 26.2. The van der Waals surface area contributed by atoms with Gasteiger partial charge in [0, 0.05) is 29.5 Å². The predicted octanol–water partition coefficient (Wildman–Crippen LogP) is 0.951. The molecule has 0 spiro atoms. The Kier molecular flexibility index (Phi) is 9.12. The van der Waals surface area contributed by atoms with E-state index in [9.17, 15) is 24.0 Å². The molecule has 3 N–H and O–H groups in total. The lowest BCUT2D eigenvalue weighted by Gasteiger charge is -2.29. The molecule has 1 aliphatic rings. The molecule has 1 fully saturated rings. The number of carbonyl (C=O) groups is 5. The molecule has 3 amide bonds. The predicted molar refractivity (Wildman–Crippen MR) is 130 cm³/mol. The number of nitrogens with one attached hydrogen (secondary N) is 2. The molecule has 36 heavy (non-hydrogen) atoms. The van der Waals surface area contributed by atoms with Crippen molar-refractivity contribution >= 4 is 41.3 Å². The van der Waals surface area contributed by atoms with Crippen LogP contribution in [0, 0.1) is 6.92 Å². The summed E-state index contributed by atoms with van der Waals surface area (Å²) in [5.74, 6) is -2.24. The maximum absolute atomic E-state index is 13.6. The van der Waals surface area contributed by atoms with E-state index < -0.39 is 48.2 Å². The Morgan fingerprint density at radius 1 is 1.31 bits per heavy atom. The molecule has 11 nitrogen and oxygen atoms in total. The molecular weight excluding hydrogens is 488 g/mol. The number of carboxylic acids is 1. The van der Waals surface area contributed by atoms with Crippen LogP contribution in [0.25, 0.3) is 0 Å². The lowest BCUT2D eigenvalue weighted by molar-refractivity contribution is -0.142. The number of aliphatic carboxylic acids is 1. The number of amides is 3. The van der Waals surface area contributed by atoms with E-state index in [4.69, 9.17) is 9.84 Å². The SMILES string of the molecule is COc1cccc(C(=O)N[C@@H](Cc2cscn2)C(=O)N2CCC[C@H]2C(=O)N[C@H](C=O)CC(=O)O)c1C. The molecule has 1 saturated heterocycles. The highest BCUT2D eigenvalue weighted by molar-refractivity contribution is 7.07. The molecule has 192 valence electrons. The van der Waals surface area contributed by atoms with Crippen LogP contribution in [0.2, 0.25) is 0 Å². The molecule has 0 radical (unpaired) electrons. The van der Waals surface area contributed by atoms with Gasteiger partial charge in [-0.25, -0.2) is 4.98 Å². The number of nitrogens with zero attached hydrogens (tertiary/aromatic N) is 2. The van der Waals surface area contributed by atoms with Crippen molar-refractivity contribution < 1.29 is 33.8 Å². The summed E-state index contributed by atoms with van der Waals surface area (Å²) in [4.78, 5) is 67.4. The van der Waals surface area contributed by atoms with Crippen molar-refractivity contribution in [2.75, 3.05) is 13.7 Å². The second-order valence-electron chi connectivity index (χ2n) is 8.38. The number of rotatable bonds is 11. The number of hydrogen-bond donors (Lipinski definition) is 3. The van der Waals surface area contributed by atoms with Crippen LogP contribution >= 0.6 is 11.3 Å². The van der Waals surface area contributed by atoms with E-state index in [0.29, 0.717) is 41.7 Å². The number of ether oxygens (including phenoxy) is 1. The fourth-order valence-corrected chi connectivity index (χ4v) is 4.74. The van der Waals surface area contributed by atoms with Crippen LogP contribution in [0.3, 0.4) is 0 Å². The van der Waals surface area contributed by atoms with Gasteiger partial charge in [-0.15, -0.1) is 11.3 Å². The highest BCUT2D eigenvalue weighted by Crippen LogP contribution is 2.23. The van der Waals surface area contributed by atoms with Crippen molar-refractivity contribution in [3.05, 3.63) is 45.9 Å². The van der Waals surface area contributed by atoms with Crippen LogP contribution < -0.4 is 15.4 Å². The monoisotopic (exact) mass is 516 g/mol. The second kappa shape index (κ2) is 12.2. The summed E-state index contributed by atoms with van der Waals surface area (Å²) in [7, 11) is 1.50. The van der Waals surface area contributed by atoms with Gasteiger partial charge in [-0.3, -0.25) is 19.2 Å². The Balaban J connectivity index is 1.81. The van der Waals surface area contributed by atoms with Crippen molar-refractivity contribution in [2.24, 2.45) is 0 Å². The number of benzene rings is 1. The van der Waals surface area contributed by atoms with Gasteiger partial charge in [-0.05, 0) is 31.9 Å². The highest BCUT2D eigenvalue weighted by Gasteiger charge is 2.38. The third-order valence-electron chi connectivity index (χ3n) is 5.97. The van der Waals surface area contributed by atoms with Crippen LogP contribution in [-0.2, 0) is 25.6 Å². The quantitative estimate of drug-likeness (QED) is 0.373. The van der Waals surface area contributed by atoms with Gasteiger partial charge in [0.2, 0.25) is 11.8 Å². The molecule has 2 heterocycles. The Morgan fingerprint density at radius 2 is 2.08 bits per heavy atom. The fourth-order valence-electron chi connectivity index (χ4n) is 4.17. The Bertz CT molecular complexity index is 1120. The average Bonchev–Trinajstić information content (AvgIpc) is 3.55. The molecule has 0 saturated carbocycles. The zero-order valence-electron chi connectivity index (χ0n) is 19.9. The first kappa shape index (κ1) is 26.8. The van der Waals surface area contributed by atoms with Gasteiger partial charge in [0.1, 0.15) is 24.1 Å². The summed E-state index contributed by atoms with van der Waals surface area (Å²) in [5, 5.41) is 15.9. The van der Waals surface area contributed by atoms with Crippen LogP contribution in [0.1, 0.15) is 40.9 Å². The third-order valence-corrected chi connectivity index (χ3v) is 6.61. The smallest absolute Gasteiger partial charge is 0.305 e. The van der Waals surface area contributed by atoms with Crippen molar-refractivity contribution in [2.45, 2.75) is 50.7 Å². The van der Waals surface area contributed by atoms with Gasteiger partial charge in [0.25, 0.3) is 5.91 Å². The second-order valence-corrected chi connectivity index (χ2v) is 9.10. The van der Waals surface area contributed by atoms with Gasteiger partial charge in [0.15, 0.2) is 0 Å². The summed E-state index contributed by atoms with van der Waals surface area (Å²) in [6, 6.07) is 1.95. The van der Waals surface area contributed by atoms with Crippen LogP contribution in [0.5, 0.6) is 5.75 Å². The number of aldehydes is 1. The molecule has 3 rings (SSSR count). The largest absolute Gasteiger partial charge is 0.496 e. The normalized spacial score (nSPS) is 16.6. The first-order valence-corrected chi connectivity index (χ1v) is 12.3. The van der Waals surface area contributed by atoms with Crippen LogP contribution in [0.4, 0.5) is 0 Å². The number of aromatic nitrogens is 1. The minimum absolute atomic E-state index is 0.123. The van der Waals surface area contributed by atoms with E-state index in [1.165, 1.54) is 23.3 Å². The fraction of sp³-hybridized carbons (Fsp3) is 0.417. The van der Waals surface area contributed by atoms with Crippen molar-refractivity contribution in [1.29, 1.82) is 0 Å². The van der Waals surface area contributed by atoms with E-state index in [1.54, 1.807) is 36.0 Å². The van der Waals surface area contributed by atoms with E-state index in [0.717, 1.165) is 0 Å². The Labute approximate surface area is 211 Å². The summed E-state index contributed by atoms with van der Waals surface area (Å²) in [6.07, 6.45) is 0.814. The maximum Gasteiger partial charge on any atom is 0.305 e. The number of carboxylic acid groups (broad SMARTS) is 1. The number of likely N-dealkylation sites (tertiary alicyclic amines) is 1. The third kappa shape index (κ3) is 6.45. The summed E-state index contributed by atoms with van der Waals surface area (Å²) < 4.78 is 5.29. The maximum atomic E-state index is 13.6. The summed E-state index contributed by atoms with van der Waals surface area (Å²) in [5.41, 5.74) is 3.21. The van der Waals surface area contributed by atoms with E-state index >= 15 is 0 Å². The first-order chi connectivity index (χ1) is 17.2. The molecule has 12 heteroatoms. The topological polar surface area (TPSA) is 155 Å². The molecule has 0 unspecified atom stereocenters. The standard InChI is InChI=1S/C24H28N4O7S/c1-14-17(5-3-7-20(14)35-2)22(32)27-18(9-16-12-36-13-25-16)24(34)28-8-4-6-19(28)23(33)26-15(11-29)10-21(30)31/h3,5,7,11-13,15,18-19H,4,6,8-10H2,1-2H3,(H,26,33)(H,27,32)(H,30,31)/t15-,18-,19-/m0/s1. The van der Waals surface area contributed by atoms with Gasteiger partial charge in [0.05, 0.1) is 30.8 Å². The number of thiazole rings is 1. The highest BCUT2D eigenvalue weighted by atomic mass is 32.1. The molecule has 2 aromatic rings. The number of carbonyl (C=O) groups excluding carboxylic acids is 4. The van der Waals surface area contributed by atoms with Crippen LogP contribution in [0.15, 0.2) is 29.1 Å². The van der Waals surface area contributed by atoms with Gasteiger partial charge >= 0.3 is 5.97 Å². The van der Waals surface area contributed by atoms with Crippen LogP contribution in [-0.4, -0.2) is 76.7 Å². The van der Waals surface area contributed by atoms with Crippen molar-refractivity contribution in [3.63, 3.8) is 0 Å². The molecule has 1 aliphatic heterocycles. The minimum Gasteiger partial charge on any atom is -0.496 e. The molecule has 1 aromatic heterocycles. The van der Waals surface area contributed by atoms with E-state index in [1.807, 2.05) is 0 Å².